The van der Waals surface area contributed by atoms with Gasteiger partial charge >= 0.3 is 0 Å². The molecule has 4 nitrogen and oxygen atoms in total. The third-order valence-electron chi connectivity index (χ3n) is 4.61. The van der Waals surface area contributed by atoms with Gasteiger partial charge in [0.05, 0.1) is 16.9 Å². The molecular formula is C22H23ClN2O2. The number of halogens is 1. The molecule has 0 aliphatic heterocycles. The number of nitrogens with zero attached hydrogens (tertiary/aromatic N) is 1. The van der Waals surface area contributed by atoms with Crippen molar-refractivity contribution in [3.8, 4) is 11.3 Å². The fraction of sp³-hybridized carbons (Fsp3) is 0.273. The first-order valence-electron chi connectivity index (χ1n) is 8.92. The van der Waals surface area contributed by atoms with E-state index in [-0.39, 0.29) is 12.3 Å². The minimum absolute atomic E-state index is 0.116. The van der Waals surface area contributed by atoms with Crippen molar-refractivity contribution >= 4 is 23.2 Å². The van der Waals surface area contributed by atoms with Gasteiger partial charge in [-0.2, -0.15) is 0 Å². The van der Waals surface area contributed by atoms with Gasteiger partial charge in [-0.25, -0.2) is 4.98 Å². The van der Waals surface area contributed by atoms with Crippen molar-refractivity contribution in [2.75, 3.05) is 5.32 Å². The predicted octanol–water partition coefficient (Wildman–Crippen LogP) is 5.80. The highest BCUT2D eigenvalue weighted by Gasteiger charge is 2.12. The molecule has 1 aromatic heterocycles. The van der Waals surface area contributed by atoms with Gasteiger partial charge in [0.25, 0.3) is 0 Å². The molecule has 3 rings (SSSR count). The number of oxazole rings is 1. The lowest BCUT2D eigenvalue weighted by molar-refractivity contribution is -0.116. The van der Waals surface area contributed by atoms with Gasteiger partial charge in [-0.05, 0) is 62.1 Å². The highest BCUT2D eigenvalue weighted by molar-refractivity contribution is 6.34. The van der Waals surface area contributed by atoms with E-state index in [1.54, 1.807) is 6.20 Å². The molecule has 5 heteroatoms. The first kappa shape index (κ1) is 19.2. The van der Waals surface area contributed by atoms with E-state index in [0.29, 0.717) is 28.8 Å². The number of benzene rings is 2. The van der Waals surface area contributed by atoms with Crippen LogP contribution in [0.4, 0.5) is 5.69 Å². The monoisotopic (exact) mass is 382 g/mol. The van der Waals surface area contributed by atoms with Crippen LogP contribution in [-0.4, -0.2) is 10.9 Å². The van der Waals surface area contributed by atoms with Crippen LogP contribution in [0.15, 0.2) is 40.9 Å². The van der Waals surface area contributed by atoms with E-state index < -0.39 is 0 Å². The molecule has 0 bridgehead atoms. The topological polar surface area (TPSA) is 55.1 Å². The second-order valence-electron chi connectivity index (χ2n) is 6.90. The maximum absolute atomic E-state index is 12.3. The second-order valence-corrected chi connectivity index (χ2v) is 7.31. The molecular weight excluding hydrogens is 360 g/mol. The lowest BCUT2D eigenvalue weighted by atomic mass is 10.1. The largest absolute Gasteiger partial charge is 0.441 e. The average Bonchev–Trinajstić information content (AvgIpc) is 3.07. The molecule has 0 spiro atoms. The molecule has 0 saturated carbocycles. The Hall–Kier alpha value is -2.59. The summed E-state index contributed by atoms with van der Waals surface area (Å²) in [5, 5.41) is 3.44. The van der Waals surface area contributed by atoms with Crippen molar-refractivity contribution in [1.82, 2.24) is 4.98 Å². The van der Waals surface area contributed by atoms with E-state index in [1.807, 2.05) is 32.0 Å². The molecule has 2 aromatic carbocycles. The SMILES string of the molecule is Cc1cc(C)c(NC(=O)CCc2ncc(-c3ccc(C)c(C)c3)o2)c(Cl)c1. The number of carbonyl (C=O) groups excluding carboxylic acids is 1. The van der Waals surface area contributed by atoms with Gasteiger partial charge in [-0.3, -0.25) is 4.79 Å². The van der Waals surface area contributed by atoms with Crippen LogP contribution in [-0.2, 0) is 11.2 Å². The summed E-state index contributed by atoms with van der Waals surface area (Å²) in [5.41, 5.74) is 6.10. The van der Waals surface area contributed by atoms with Crippen molar-refractivity contribution in [2.24, 2.45) is 0 Å². The average molecular weight is 383 g/mol. The van der Waals surface area contributed by atoms with Gasteiger partial charge in [-0.15, -0.1) is 0 Å². The summed E-state index contributed by atoms with van der Waals surface area (Å²) < 4.78 is 5.81. The molecule has 1 N–H and O–H groups in total. The first-order valence-corrected chi connectivity index (χ1v) is 9.30. The van der Waals surface area contributed by atoms with E-state index >= 15 is 0 Å². The molecule has 1 amide bonds. The van der Waals surface area contributed by atoms with Gasteiger partial charge in [0, 0.05) is 18.4 Å². The van der Waals surface area contributed by atoms with Crippen LogP contribution < -0.4 is 5.32 Å². The lowest BCUT2D eigenvalue weighted by Crippen LogP contribution is -2.13. The van der Waals surface area contributed by atoms with Crippen LogP contribution in [0, 0.1) is 27.7 Å². The maximum Gasteiger partial charge on any atom is 0.224 e. The summed E-state index contributed by atoms with van der Waals surface area (Å²) >= 11 is 6.25. The van der Waals surface area contributed by atoms with Gasteiger partial charge in [0.2, 0.25) is 5.91 Å². The summed E-state index contributed by atoms with van der Waals surface area (Å²) in [6.45, 7) is 8.04. The van der Waals surface area contributed by atoms with Crippen LogP contribution in [0.25, 0.3) is 11.3 Å². The number of anilines is 1. The quantitative estimate of drug-likeness (QED) is 0.606. The lowest BCUT2D eigenvalue weighted by Gasteiger charge is -2.11. The third kappa shape index (κ3) is 4.58. The van der Waals surface area contributed by atoms with E-state index in [1.165, 1.54) is 11.1 Å². The zero-order chi connectivity index (χ0) is 19.6. The second kappa shape index (κ2) is 7.97. The Morgan fingerprint density at radius 2 is 1.85 bits per heavy atom. The number of rotatable bonds is 5. The highest BCUT2D eigenvalue weighted by Crippen LogP contribution is 2.28. The summed E-state index contributed by atoms with van der Waals surface area (Å²) in [5.74, 6) is 1.14. The fourth-order valence-electron chi connectivity index (χ4n) is 2.95. The zero-order valence-electron chi connectivity index (χ0n) is 16.0. The molecule has 3 aromatic rings. The zero-order valence-corrected chi connectivity index (χ0v) is 16.8. The Kier molecular flexibility index (Phi) is 5.66. The molecule has 27 heavy (non-hydrogen) atoms. The van der Waals surface area contributed by atoms with E-state index in [4.69, 9.17) is 16.0 Å². The Morgan fingerprint density at radius 3 is 2.56 bits per heavy atom. The van der Waals surface area contributed by atoms with E-state index in [9.17, 15) is 4.79 Å². The number of amides is 1. The molecule has 0 atom stereocenters. The van der Waals surface area contributed by atoms with E-state index in [2.05, 4.69) is 36.3 Å². The predicted molar refractivity (Wildman–Crippen MR) is 109 cm³/mol. The Labute approximate surface area is 164 Å². The number of aromatic nitrogens is 1. The van der Waals surface area contributed by atoms with Gasteiger partial charge in [-0.1, -0.05) is 29.8 Å². The van der Waals surface area contributed by atoms with E-state index in [0.717, 1.165) is 16.7 Å². The van der Waals surface area contributed by atoms with Crippen LogP contribution in [0.1, 0.15) is 34.6 Å². The molecule has 140 valence electrons. The maximum atomic E-state index is 12.3. The summed E-state index contributed by atoms with van der Waals surface area (Å²) in [6, 6.07) is 9.99. The summed E-state index contributed by atoms with van der Waals surface area (Å²) in [7, 11) is 0. The molecule has 0 unspecified atom stereocenters. The van der Waals surface area contributed by atoms with Gasteiger partial charge in [0.15, 0.2) is 11.7 Å². The number of carbonyl (C=O) groups is 1. The molecule has 0 aliphatic rings. The van der Waals surface area contributed by atoms with Crippen molar-refractivity contribution in [3.63, 3.8) is 0 Å². The molecule has 0 fully saturated rings. The van der Waals surface area contributed by atoms with Gasteiger partial charge < -0.3 is 9.73 Å². The number of hydrogen-bond acceptors (Lipinski definition) is 3. The smallest absolute Gasteiger partial charge is 0.224 e. The Bertz CT molecular complexity index is 969. The van der Waals surface area contributed by atoms with Crippen molar-refractivity contribution in [2.45, 2.75) is 40.5 Å². The molecule has 0 aliphatic carbocycles. The minimum atomic E-state index is -0.116. The Morgan fingerprint density at radius 1 is 1.07 bits per heavy atom. The van der Waals surface area contributed by atoms with Crippen molar-refractivity contribution in [1.29, 1.82) is 0 Å². The molecule has 1 heterocycles. The van der Waals surface area contributed by atoms with Crippen molar-refractivity contribution < 1.29 is 9.21 Å². The fourth-order valence-corrected chi connectivity index (χ4v) is 3.32. The van der Waals surface area contributed by atoms with Crippen LogP contribution in [0.5, 0.6) is 0 Å². The van der Waals surface area contributed by atoms with Crippen LogP contribution >= 0.6 is 11.6 Å². The third-order valence-corrected chi connectivity index (χ3v) is 4.91. The number of aryl methyl sites for hydroxylation is 5. The number of hydrogen-bond donors (Lipinski definition) is 1. The first-order chi connectivity index (χ1) is 12.8. The highest BCUT2D eigenvalue weighted by atomic mass is 35.5. The summed E-state index contributed by atoms with van der Waals surface area (Å²) in [4.78, 5) is 16.6. The minimum Gasteiger partial charge on any atom is -0.441 e. The number of nitrogens with one attached hydrogen (secondary N) is 1. The van der Waals surface area contributed by atoms with Gasteiger partial charge in [0.1, 0.15) is 0 Å². The molecule has 0 radical (unpaired) electrons. The summed E-state index contributed by atoms with van der Waals surface area (Å²) in [6.07, 6.45) is 2.41. The molecule has 0 saturated heterocycles. The standard InChI is InChI=1S/C22H23ClN2O2/c1-13-9-16(4)22(18(23)10-13)25-20(26)7-8-21-24-12-19(27-21)17-6-5-14(2)15(3)11-17/h5-6,9-12H,7-8H2,1-4H3,(H,25,26). The van der Waals surface area contributed by atoms with Crippen LogP contribution in [0.2, 0.25) is 5.02 Å². The Balaban J connectivity index is 1.63. The van der Waals surface area contributed by atoms with Crippen LogP contribution in [0.3, 0.4) is 0 Å². The normalized spacial score (nSPS) is 10.9. The van der Waals surface area contributed by atoms with Crippen molar-refractivity contribution in [3.05, 3.63) is 69.7 Å².